The van der Waals surface area contributed by atoms with Crippen molar-refractivity contribution < 1.29 is 4.74 Å². The molecule has 0 amide bonds. The molecular formula is C14H20N2OS. The van der Waals surface area contributed by atoms with Crippen LogP contribution >= 0.6 is 12.2 Å². The van der Waals surface area contributed by atoms with Crippen LogP contribution in [0.4, 0.5) is 5.69 Å². The predicted octanol–water partition coefficient (Wildman–Crippen LogP) is 3.34. The Bertz CT molecular complexity index is 424. The fraction of sp³-hybridized carbons (Fsp3) is 0.357. The van der Waals surface area contributed by atoms with E-state index in [2.05, 4.69) is 38.0 Å². The summed E-state index contributed by atoms with van der Waals surface area (Å²) >= 11 is 5.24. The number of benzene rings is 1. The van der Waals surface area contributed by atoms with Gasteiger partial charge in [0.15, 0.2) is 5.11 Å². The highest BCUT2D eigenvalue weighted by Crippen LogP contribution is 2.17. The lowest BCUT2D eigenvalue weighted by molar-refractivity contribution is 0.363. The number of anilines is 1. The molecule has 0 radical (unpaired) electrons. The van der Waals surface area contributed by atoms with Crippen molar-refractivity contribution in [2.75, 3.05) is 11.9 Å². The summed E-state index contributed by atoms with van der Waals surface area (Å²) in [7, 11) is 0. The average molecular weight is 264 g/mol. The summed E-state index contributed by atoms with van der Waals surface area (Å²) < 4.78 is 5.46. The molecule has 4 heteroatoms. The van der Waals surface area contributed by atoms with Crippen LogP contribution in [0.1, 0.15) is 20.8 Å². The Balaban J connectivity index is 2.61. The van der Waals surface area contributed by atoms with Crippen molar-refractivity contribution >= 4 is 23.0 Å². The molecule has 0 aliphatic heterocycles. The molecule has 1 aromatic carbocycles. The second kappa shape index (κ2) is 6.40. The van der Waals surface area contributed by atoms with E-state index in [0.29, 0.717) is 11.7 Å². The average Bonchev–Trinajstić information content (AvgIpc) is 2.24. The minimum Gasteiger partial charge on any atom is -0.489 e. The lowest BCUT2D eigenvalue weighted by Gasteiger charge is -2.23. The standard InChI is InChI=1S/C14H20N2OS/c1-5-9-17-12-8-6-7-11(10-12)15-13(18)16-14(2,3)4/h5-8,10H,1,9H2,2-4H3,(H2,15,16,18). The number of ether oxygens (including phenoxy) is 1. The van der Waals surface area contributed by atoms with Crippen LogP contribution in [0.2, 0.25) is 0 Å². The Hall–Kier alpha value is -1.55. The normalized spacial score (nSPS) is 10.6. The van der Waals surface area contributed by atoms with E-state index in [-0.39, 0.29) is 5.54 Å². The molecule has 0 aliphatic carbocycles. The fourth-order valence-corrected chi connectivity index (χ4v) is 1.75. The van der Waals surface area contributed by atoms with Crippen molar-refractivity contribution in [1.82, 2.24) is 5.32 Å². The minimum absolute atomic E-state index is 0.0545. The molecule has 0 bridgehead atoms. The molecule has 0 saturated heterocycles. The van der Waals surface area contributed by atoms with Crippen LogP contribution < -0.4 is 15.4 Å². The molecule has 0 atom stereocenters. The zero-order chi connectivity index (χ0) is 13.6. The van der Waals surface area contributed by atoms with Crippen LogP contribution in [0.15, 0.2) is 36.9 Å². The van der Waals surface area contributed by atoms with Gasteiger partial charge in [0, 0.05) is 17.3 Å². The summed E-state index contributed by atoms with van der Waals surface area (Å²) in [5.74, 6) is 0.790. The van der Waals surface area contributed by atoms with Crippen molar-refractivity contribution in [3.8, 4) is 5.75 Å². The van der Waals surface area contributed by atoms with Crippen LogP contribution in [0.3, 0.4) is 0 Å². The van der Waals surface area contributed by atoms with Crippen LogP contribution in [-0.2, 0) is 0 Å². The molecule has 0 unspecified atom stereocenters. The molecule has 3 nitrogen and oxygen atoms in total. The largest absolute Gasteiger partial charge is 0.489 e. The summed E-state index contributed by atoms with van der Waals surface area (Å²) in [5.41, 5.74) is 0.847. The number of thiocarbonyl (C=S) groups is 1. The minimum atomic E-state index is -0.0545. The number of rotatable bonds is 4. The maximum Gasteiger partial charge on any atom is 0.171 e. The predicted molar refractivity (Wildman–Crippen MR) is 81.2 cm³/mol. The lowest BCUT2D eigenvalue weighted by Crippen LogP contribution is -2.42. The van der Waals surface area contributed by atoms with E-state index in [9.17, 15) is 0 Å². The fourth-order valence-electron chi connectivity index (χ4n) is 1.32. The molecule has 18 heavy (non-hydrogen) atoms. The van der Waals surface area contributed by atoms with E-state index in [4.69, 9.17) is 17.0 Å². The van der Waals surface area contributed by atoms with Crippen LogP contribution in [0, 0.1) is 0 Å². The van der Waals surface area contributed by atoms with Crippen LogP contribution in [0.25, 0.3) is 0 Å². The number of nitrogens with one attached hydrogen (secondary N) is 2. The molecule has 2 N–H and O–H groups in total. The van der Waals surface area contributed by atoms with Crippen molar-refractivity contribution in [3.05, 3.63) is 36.9 Å². The molecule has 1 aromatic rings. The molecule has 0 heterocycles. The zero-order valence-electron chi connectivity index (χ0n) is 11.1. The van der Waals surface area contributed by atoms with Gasteiger partial charge in [0.1, 0.15) is 12.4 Å². The van der Waals surface area contributed by atoms with Gasteiger partial charge in [0.2, 0.25) is 0 Å². The van der Waals surface area contributed by atoms with E-state index in [0.717, 1.165) is 11.4 Å². The Morgan fingerprint density at radius 1 is 1.44 bits per heavy atom. The lowest BCUT2D eigenvalue weighted by atomic mass is 10.1. The molecule has 1 rings (SSSR count). The molecule has 98 valence electrons. The van der Waals surface area contributed by atoms with Gasteiger partial charge in [-0.2, -0.15) is 0 Å². The van der Waals surface area contributed by atoms with E-state index in [1.54, 1.807) is 6.08 Å². The topological polar surface area (TPSA) is 33.3 Å². The quantitative estimate of drug-likeness (QED) is 0.645. The van der Waals surface area contributed by atoms with Gasteiger partial charge < -0.3 is 15.4 Å². The molecule has 0 saturated carbocycles. The highest BCUT2D eigenvalue weighted by atomic mass is 32.1. The van der Waals surface area contributed by atoms with E-state index < -0.39 is 0 Å². The Morgan fingerprint density at radius 3 is 2.78 bits per heavy atom. The van der Waals surface area contributed by atoms with Gasteiger partial charge >= 0.3 is 0 Å². The van der Waals surface area contributed by atoms with Crippen LogP contribution in [-0.4, -0.2) is 17.3 Å². The Labute approximate surface area is 114 Å². The molecule has 0 spiro atoms. The third kappa shape index (κ3) is 5.68. The van der Waals surface area contributed by atoms with Crippen LogP contribution in [0.5, 0.6) is 5.75 Å². The van der Waals surface area contributed by atoms with Gasteiger partial charge in [-0.15, -0.1) is 0 Å². The van der Waals surface area contributed by atoms with Crippen molar-refractivity contribution in [2.45, 2.75) is 26.3 Å². The summed E-state index contributed by atoms with van der Waals surface area (Å²) in [6.45, 7) is 10.3. The van der Waals surface area contributed by atoms with Gasteiger partial charge in [0.25, 0.3) is 0 Å². The van der Waals surface area contributed by atoms with Gasteiger partial charge in [-0.05, 0) is 45.1 Å². The second-order valence-electron chi connectivity index (χ2n) is 4.96. The Kier molecular flexibility index (Phi) is 5.16. The third-order valence-electron chi connectivity index (χ3n) is 1.95. The summed E-state index contributed by atoms with van der Waals surface area (Å²) in [5, 5.41) is 6.92. The molecule has 0 aliphatic rings. The Morgan fingerprint density at radius 2 is 2.17 bits per heavy atom. The molecular weight excluding hydrogens is 244 g/mol. The first-order chi connectivity index (χ1) is 8.40. The van der Waals surface area contributed by atoms with Crippen molar-refractivity contribution in [2.24, 2.45) is 0 Å². The maximum atomic E-state index is 5.46. The highest BCUT2D eigenvalue weighted by Gasteiger charge is 2.10. The van der Waals surface area contributed by atoms with Gasteiger partial charge in [-0.3, -0.25) is 0 Å². The summed E-state index contributed by atoms with van der Waals surface area (Å²) in [6.07, 6.45) is 1.71. The van der Waals surface area contributed by atoms with Crippen molar-refractivity contribution in [1.29, 1.82) is 0 Å². The number of hydrogen-bond donors (Lipinski definition) is 2. The summed E-state index contributed by atoms with van der Waals surface area (Å²) in [6, 6.07) is 7.66. The highest BCUT2D eigenvalue weighted by molar-refractivity contribution is 7.80. The van der Waals surface area contributed by atoms with E-state index in [1.807, 2.05) is 24.3 Å². The van der Waals surface area contributed by atoms with E-state index >= 15 is 0 Å². The maximum absolute atomic E-state index is 5.46. The number of hydrogen-bond acceptors (Lipinski definition) is 2. The smallest absolute Gasteiger partial charge is 0.171 e. The van der Waals surface area contributed by atoms with Crippen molar-refractivity contribution in [3.63, 3.8) is 0 Å². The molecule has 0 fully saturated rings. The van der Waals surface area contributed by atoms with Gasteiger partial charge in [-0.1, -0.05) is 18.7 Å². The second-order valence-corrected chi connectivity index (χ2v) is 5.36. The van der Waals surface area contributed by atoms with Gasteiger partial charge in [0.05, 0.1) is 0 Å². The van der Waals surface area contributed by atoms with Gasteiger partial charge in [-0.25, -0.2) is 0 Å². The SMILES string of the molecule is C=CCOc1cccc(NC(=S)NC(C)(C)C)c1. The zero-order valence-corrected chi connectivity index (χ0v) is 11.9. The first-order valence-electron chi connectivity index (χ1n) is 5.83. The molecule has 0 aromatic heterocycles. The van der Waals surface area contributed by atoms with E-state index in [1.165, 1.54) is 0 Å². The summed E-state index contributed by atoms with van der Waals surface area (Å²) in [4.78, 5) is 0. The monoisotopic (exact) mass is 264 g/mol. The first-order valence-corrected chi connectivity index (χ1v) is 6.24. The first kappa shape index (κ1) is 14.5. The third-order valence-corrected chi connectivity index (χ3v) is 2.15.